The number of cyclic esters (lactones) is 1. The lowest BCUT2D eigenvalue weighted by Crippen LogP contribution is -2.61. The molecule has 4 bridgehead atoms. The van der Waals surface area contributed by atoms with Crippen molar-refractivity contribution in [3.05, 3.63) is 41.5 Å². The largest absolute Gasteiger partial charge is 0.452 e. The van der Waals surface area contributed by atoms with E-state index in [1.54, 1.807) is 27.7 Å². The standard InChI is InChI=1S/C29H42N4O6/c1-17(2)25-27(36)31-20(5)28(37)33-15-9-13-23(32-33)26(35)30-19(4)22-12-8-11-21(16-22)10-6-7-14-24(34)18(3)29(38)39-25/h6,8,10-12,16-20,23-25,32,34H,7,9,13-15H2,1-5H3,(H,30,35)(H,31,36)/b10-6+/t18-,19-,20+,23+,24-,25+/m1/s1. The van der Waals surface area contributed by atoms with Crippen LogP contribution in [-0.4, -0.2) is 64.6 Å². The van der Waals surface area contributed by atoms with Gasteiger partial charge in [-0.05, 0) is 69.6 Å². The number of nitrogens with zero attached hydrogens (tertiary/aromatic N) is 1. The quantitative estimate of drug-likeness (QED) is 0.400. The van der Waals surface area contributed by atoms with Gasteiger partial charge in [-0.1, -0.05) is 44.2 Å². The van der Waals surface area contributed by atoms with Crippen molar-refractivity contribution in [1.29, 1.82) is 0 Å². The van der Waals surface area contributed by atoms with E-state index in [4.69, 9.17) is 4.74 Å². The van der Waals surface area contributed by atoms with Crippen LogP contribution >= 0.6 is 0 Å². The van der Waals surface area contributed by atoms with E-state index in [0.29, 0.717) is 32.2 Å². The van der Waals surface area contributed by atoms with Crippen molar-refractivity contribution in [2.75, 3.05) is 6.54 Å². The van der Waals surface area contributed by atoms with Gasteiger partial charge in [0, 0.05) is 6.54 Å². The lowest BCUT2D eigenvalue weighted by molar-refractivity contribution is -0.165. The van der Waals surface area contributed by atoms with Crippen molar-refractivity contribution in [2.24, 2.45) is 11.8 Å². The molecule has 0 saturated carbocycles. The minimum Gasteiger partial charge on any atom is -0.452 e. The maximum atomic E-state index is 13.1. The maximum Gasteiger partial charge on any atom is 0.312 e. The zero-order valence-corrected chi connectivity index (χ0v) is 23.5. The number of esters is 1. The molecule has 2 aliphatic heterocycles. The Kier molecular flexibility index (Phi) is 10.7. The molecule has 0 unspecified atom stereocenters. The first-order valence-electron chi connectivity index (χ1n) is 13.8. The van der Waals surface area contributed by atoms with E-state index in [9.17, 15) is 24.3 Å². The fraction of sp³-hybridized carbons (Fsp3) is 0.586. The number of hydrogen-bond donors (Lipinski definition) is 4. The van der Waals surface area contributed by atoms with E-state index in [2.05, 4.69) is 16.1 Å². The number of carbonyl (C=O) groups excluding carboxylic acids is 4. The molecule has 4 N–H and O–H groups in total. The highest BCUT2D eigenvalue weighted by Gasteiger charge is 2.35. The van der Waals surface area contributed by atoms with Crippen LogP contribution in [0.5, 0.6) is 0 Å². The zero-order valence-electron chi connectivity index (χ0n) is 23.5. The predicted octanol–water partition coefficient (Wildman–Crippen LogP) is 2.24. The van der Waals surface area contributed by atoms with Gasteiger partial charge in [-0.2, -0.15) is 0 Å². The van der Waals surface area contributed by atoms with Gasteiger partial charge in [0.05, 0.1) is 18.1 Å². The summed E-state index contributed by atoms with van der Waals surface area (Å²) >= 11 is 0. The number of fused-ring (bicyclic) bond motifs is 4. The minimum atomic E-state index is -1.12. The van der Waals surface area contributed by atoms with E-state index in [-0.39, 0.29) is 17.9 Å². The first-order chi connectivity index (χ1) is 18.5. The smallest absolute Gasteiger partial charge is 0.312 e. The molecule has 0 spiro atoms. The third kappa shape index (κ3) is 8.12. The van der Waals surface area contributed by atoms with Crippen LogP contribution in [-0.2, 0) is 23.9 Å². The Morgan fingerprint density at radius 1 is 1.00 bits per heavy atom. The second-order valence-electron chi connectivity index (χ2n) is 10.9. The summed E-state index contributed by atoms with van der Waals surface area (Å²) in [5, 5.41) is 17.6. The van der Waals surface area contributed by atoms with Crippen LogP contribution in [0.4, 0.5) is 0 Å². The molecular weight excluding hydrogens is 500 g/mol. The van der Waals surface area contributed by atoms with Crippen LogP contribution in [0.25, 0.3) is 6.08 Å². The number of aliphatic hydroxyl groups is 1. The summed E-state index contributed by atoms with van der Waals surface area (Å²) in [6.07, 6.45) is 3.86. The molecule has 3 rings (SSSR count). The van der Waals surface area contributed by atoms with Crippen molar-refractivity contribution in [1.82, 2.24) is 21.1 Å². The monoisotopic (exact) mass is 542 g/mol. The molecule has 0 aliphatic carbocycles. The van der Waals surface area contributed by atoms with Crippen molar-refractivity contribution < 1.29 is 29.0 Å². The molecular formula is C29H42N4O6. The third-order valence-corrected chi connectivity index (χ3v) is 7.26. The fourth-order valence-corrected chi connectivity index (χ4v) is 4.67. The van der Waals surface area contributed by atoms with Crippen LogP contribution < -0.4 is 16.1 Å². The second-order valence-corrected chi connectivity index (χ2v) is 10.9. The third-order valence-electron chi connectivity index (χ3n) is 7.26. The molecule has 0 radical (unpaired) electrons. The molecule has 3 amide bonds. The molecule has 2 aliphatic rings. The van der Waals surface area contributed by atoms with Gasteiger partial charge in [0.1, 0.15) is 12.1 Å². The molecule has 0 aromatic heterocycles. The van der Waals surface area contributed by atoms with Gasteiger partial charge in [0.2, 0.25) is 5.91 Å². The van der Waals surface area contributed by atoms with Gasteiger partial charge in [0.15, 0.2) is 6.10 Å². The molecule has 10 heteroatoms. The Morgan fingerprint density at radius 3 is 2.44 bits per heavy atom. The summed E-state index contributed by atoms with van der Waals surface area (Å²) in [7, 11) is 0. The van der Waals surface area contributed by atoms with Crippen LogP contribution in [0.2, 0.25) is 0 Å². The zero-order chi connectivity index (χ0) is 28.7. The van der Waals surface area contributed by atoms with Crippen LogP contribution in [0.1, 0.15) is 77.5 Å². The Morgan fingerprint density at radius 2 is 1.72 bits per heavy atom. The van der Waals surface area contributed by atoms with Crippen LogP contribution in [0.15, 0.2) is 30.3 Å². The highest BCUT2D eigenvalue weighted by atomic mass is 16.5. The number of nitrogens with one attached hydrogen (secondary N) is 3. The molecule has 1 fully saturated rings. The SMILES string of the molecule is CC(C)[C@@H]1OC(=O)[C@H](C)[C@H](O)CC/C=C/c2cccc(c2)[C@@H](C)NC(=O)[C@@H]2CCCN(N2)C(=O)[C@H](C)NC1=O. The average Bonchev–Trinajstić information content (AvgIpc) is 2.92. The number of allylic oxidation sites excluding steroid dienone is 1. The lowest BCUT2D eigenvalue weighted by atomic mass is 9.99. The fourth-order valence-electron chi connectivity index (χ4n) is 4.67. The summed E-state index contributed by atoms with van der Waals surface area (Å²) < 4.78 is 5.52. The van der Waals surface area contributed by atoms with E-state index >= 15 is 0 Å². The first kappa shape index (κ1) is 30.3. The number of hydrogen-bond acceptors (Lipinski definition) is 7. The van der Waals surface area contributed by atoms with Gasteiger partial charge in [-0.25, -0.2) is 5.43 Å². The Labute approximate surface area is 230 Å². The number of aliphatic hydroxyl groups excluding tert-OH is 1. The van der Waals surface area contributed by atoms with Crippen LogP contribution in [0, 0.1) is 11.8 Å². The molecule has 39 heavy (non-hydrogen) atoms. The summed E-state index contributed by atoms with van der Waals surface area (Å²) in [6, 6.07) is 6.04. The summed E-state index contributed by atoms with van der Waals surface area (Å²) in [5.41, 5.74) is 4.89. The Balaban J connectivity index is 1.85. The maximum absolute atomic E-state index is 13.1. The van der Waals surface area contributed by atoms with Crippen molar-refractivity contribution in [3.8, 4) is 0 Å². The highest BCUT2D eigenvalue weighted by Crippen LogP contribution is 2.19. The number of rotatable bonds is 1. The van der Waals surface area contributed by atoms with Crippen molar-refractivity contribution in [2.45, 2.75) is 90.6 Å². The molecule has 1 aromatic carbocycles. The van der Waals surface area contributed by atoms with Crippen molar-refractivity contribution >= 4 is 29.8 Å². The normalized spacial score (nSPS) is 30.9. The van der Waals surface area contributed by atoms with E-state index < -0.39 is 48.0 Å². The molecule has 6 atom stereocenters. The van der Waals surface area contributed by atoms with Gasteiger partial charge < -0.3 is 20.5 Å². The number of hydrazine groups is 1. The molecule has 1 saturated heterocycles. The topological polar surface area (TPSA) is 137 Å². The number of carbonyl (C=O) groups is 4. The van der Waals surface area contributed by atoms with E-state index in [1.165, 1.54) is 5.01 Å². The van der Waals surface area contributed by atoms with Crippen LogP contribution in [0.3, 0.4) is 0 Å². The summed E-state index contributed by atoms with van der Waals surface area (Å²) in [6.45, 7) is 8.92. The number of benzene rings is 1. The minimum absolute atomic E-state index is 0.213. The molecule has 214 valence electrons. The average molecular weight is 543 g/mol. The number of ether oxygens (including phenoxy) is 1. The van der Waals surface area contributed by atoms with E-state index in [0.717, 1.165) is 11.1 Å². The number of amides is 3. The molecule has 10 nitrogen and oxygen atoms in total. The van der Waals surface area contributed by atoms with Gasteiger partial charge >= 0.3 is 5.97 Å². The lowest BCUT2D eigenvalue weighted by Gasteiger charge is -2.35. The predicted molar refractivity (Wildman–Crippen MR) is 147 cm³/mol. The van der Waals surface area contributed by atoms with Gasteiger partial charge in [-0.15, -0.1) is 0 Å². The summed E-state index contributed by atoms with van der Waals surface area (Å²) in [4.78, 5) is 52.0. The first-order valence-corrected chi connectivity index (χ1v) is 13.8. The Bertz CT molecular complexity index is 1070. The van der Waals surface area contributed by atoms with Crippen molar-refractivity contribution in [3.63, 3.8) is 0 Å². The summed E-state index contributed by atoms with van der Waals surface area (Å²) in [5.74, 6) is -3.05. The second kappa shape index (κ2) is 13.7. The van der Waals surface area contributed by atoms with Gasteiger partial charge in [-0.3, -0.25) is 24.2 Å². The molecule has 1 aromatic rings. The van der Waals surface area contributed by atoms with Gasteiger partial charge in [0.25, 0.3) is 11.8 Å². The Hall–Kier alpha value is -3.24. The molecule has 2 heterocycles. The highest BCUT2D eigenvalue weighted by molar-refractivity contribution is 5.91. The van der Waals surface area contributed by atoms with E-state index in [1.807, 2.05) is 43.3 Å².